The summed E-state index contributed by atoms with van der Waals surface area (Å²) in [5.74, 6) is 2.06. The fraction of sp³-hybridized carbons (Fsp3) is 0.636. The molecule has 1 aromatic heterocycles. The molecule has 1 aromatic rings. The van der Waals surface area contributed by atoms with Crippen LogP contribution in [0.4, 0.5) is 11.6 Å². The van der Waals surface area contributed by atoms with E-state index in [1.54, 1.807) is 14.2 Å². The lowest BCUT2D eigenvalue weighted by molar-refractivity contribution is 0.410. The lowest BCUT2D eigenvalue weighted by Crippen LogP contribution is -2.20. The Morgan fingerprint density at radius 2 is 1.88 bits per heavy atom. The second-order valence-electron chi connectivity index (χ2n) is 4.77. The quantitative estimate of drug-likeness (QED) is 0.819. The average molecular weight is 224 g/mol. The maximum absolute atomic E-state index is 5.28. The Morgan fingerprint density at radius 3 is 2.38 bits per heavy atom. The molecule has 0 saturated heterocycles. The molecule has 2 N–H and O–H groups in total. The van der Waals surface area contributed by atoms with E-state index >= 15 is 0 Å². The number of hydrogen-bond donors (Lipinski definition) is 2. The van der Waals surface area contributed by atoms with Crippen molar-refractivity contribution in [1.82, 2.24) is 9.97 Å². The van der Waals surface area contributed by atoms with Crippen LogP contribution in [-0.2, 0) is 0 Å². The third-order valence-corrected chi connectivity index (χ3v) is 2.03. The number of aromatic nitrogens is 2. The number of methoxy groups -OCH3 is 1. The highest BCUT2D eigenvalue weighted by Crippen LogP contribution is 2.29. The van der Waals surface area contributed by atoms with E-state index in [1.165, 1.54) is 6.33 Å². The van der Waals surface area contributed by atoms with E-state index in [9.17, 15) is 0 Å². The maximum atomic E-state index is 5.28. The molecule has 0 spiro atoms. The summed E-state index contributed by atoms with van der Waals surface area (Å²) in [6.07, 6.45) is 1.51. The monoisotopic (exact) mass is 224 g/mol. The summed E-state index contributed by atoms with van der Waals surface area (Å²) in [6, 6.07) is 0. The standard InChI is InChI=1S/C11H20N4O/c1-11(2,3)6-13-10-8(16-5)9(12-4)14-7-15-10/h7H,6H2,1-5H3,(H2,12,13,14,15). The molecule has 0 aliphatic carbocycles. The molecule has 0 aliphatic heterocycles. The Morgan fingerprint density at radius 1 is 1.25 bits per heavy atom. The molecule has 0 aromatic carbocycles. The van der Waals surface area contributed by atoms with E-state index in [1.807, 2.05) is 0 Å². The summed E-state index contributed by atoms with van der Waals surface area (Å²) in [6.45, 7) is 7.30. The molecule has 0 saturated carbocycles. The van der Waals surface area contributed by atoms with Gasteiger partial charge < -0.3 is 15.4 Å². The first-order valence-electron chi connectivity index (χ1n) is 5.28. The minimum absolute atomic E-state index is 0.190. The summed E-state index contributed by atoms with van der Waals surface area (Å²) in [4.78, 5) is 8.26. The van der Waals surface area contributed by atoms with Gasteiger partial charge in [0.1, 0.15) is 6.33 Å². The number of nitrogens with one attached hydrogen (secondary N) is 2. The van der Waals surface area contributed by atoms with Gasteiger partial charge >= 0.3 is 0 Å². The van der Waals surface area contributed by atoms with Gasteiger partial charge in [0, 0.05) is 13.6 Å². The third-order valence-electron chi connectivity index (χ3n) is 2.03. The third kappa shape index (κ3) is 3.25. The zero-order valence-corrected chi connectivity index (χ0v) is 10.6. The van der Waals surface area contributed by atoms with E-state index in [-0.39, 0.29) is 5.41 Å². The van der Waals surface area contributed by atoms with E-state index in [2.05, 4.69) is 41.4 Å². The summed E-state index contributed by atoms with van der Waals surface area (Å²) < 4.78 is 5.28. The SMILES string of the molecule is CNc1ncnc(NCC(C)(C)C)c1OC. The van der Waals surface area contributed by atoms with Crippen molar-refractivity contribution in [2.24, 2.45) is 5.41 Å². The largest absolute Gasteiger partial charge is 0.490 e. The van der Waals surface area contributed by atoms with E-state index in [0.717, 1.165) is 12.4 Å². The molecule has 16 heavy (non-hydrogen) atoms. The van der Waals surface area contributed by atoms with Gasteiger partial charge in [-0.05, 0) is 5.41 Å². The van der Waals surface area contributed by atoms with Gasteiger partial charge in [-0.15, -0.1) is 0 Å². The van der Waals surface area contributed by atoms with Crippen LogP contribution in [0.5, 0.6) is 5.75 Å². The number of nitrogens with zero attached hydrogens (tertiary/aromatic N) is 2. The molecule has 0 atom stereocenters. The van der Waals surface area contributed by atoms with Crippen molar-refractivity contribution in [3.8, 4) is 5.75 Å². The predicted molar refractivity (Wildman–Crippen MR) is 66.1 cm³/mol. The van der Waals surface area contributed by atoms with Crippen LogP contribution in [-0.4, -0.2) is 30.7 Å². The normalized spacial score (nSPS) is 11.1. The van der Waals surface area contributed by atoms with Crippen molar-refractivity contribution in [2.45, 2.75) is 20.8 Å². The molecule has 0 aliphatic rings. The molecule has 0 fully saturated rings. The maximum Gasteiger partial charge on any atom is 0.204 e. The summed E-state index contributed by atoms with van der Waals surface area (Å²) in [7, 11) is 3.42. The van der Waals surface area contributed by atoms with Gasteiger partial charge in [-0.1, -0.05) is 20.8 Å². The highest BCUT2D eigenvalue weighted by atomic mass is 16.5. The number of ether oxygens (including phenoxy) is 1. The van der Waals surface area contributed by atoms with Crippen LogP contribution in [0.15, 0.2) is 6.33 Å². The smallest absolute Gasteiger partial charge is 0.204 e. The lowest BCUT2D eigenvalue weighted by Gasteiger charge is -2.20. The van der Waals surface area contributed by atoms with Gasteiger partial charge in [0.05, 0.1) is 7.11 Å². The van der Waals surface area contributed by atoms with Crippen LogP contribution in [0.2, 0.25) is 0 Å². The Hall–Kier alpha value is -1.52. The number of anilines is 2. The average Bonchev–Trinajstić information content (AvgIpc) is 2.24. The second kappa shape index (κ2) is 5.01. The molecular weight excluding hydrogens is 204 g/mol. The molecular formula is C11H20N4O. The van der Waals surface area contributed by atoms with Crippen molar-refractivity contribution in [2.75, 3.05) is 31.3 Å². The molecule has 0 radical (unpaired) electrons. The molecule has 5 heteroatoms. The topological polar surface area (TPSA) is 59.1 Å². The molecule has 1 heterocycles. The first-order chi connectivity index (χ1) is 7.48. The van der Waals surface area contributed by atoms with Crippen LogP contribution in [0.1, 0.15) is 20.8 Å². The number of rotatable bonds is 4. The van der Waals surface area contributed by atoms with Crippen LogP contribution < -0.4 is 15.4 Å². The lowest BCUT2D eigenvalue weighted by atomic mass is 9.97. The predicted octanol–water partition coefficient (Wildman–Crippen LogP) is 1.98. The number of hydrogen-bond acceptors (Lipinski definition) is 5. The van der Waals surface area contributed by atoms with E-state index in [0.29, 0.717) is 11.6 Å². The summed E-state index contributed by atoms with van der Waals surface area (Å²) >= 11 is 0. The van der Waals surface area contributed by atoms with Crippen LogP contribution >= 0.6 is 0 Å². The van der Waals surface area contributed by atoms with Gasteiger partial charge in [-0.25, -0.2) is 9.97 Å². The summed E-state index contributed by atoms with van der Waals surface area (Å²) in [5, 5.41) is 6.23. The van der Waals surface area contributed by atoms with Gasteiger partial charge in [-0.3, -0.25) is 0 Å². The first-order valence-corrected chi connectivity index (χ1v) is 5.28. The molecule has 5 nitrogen and oxygen atoms in total. The molecule has 0 amide bonds. The van der Waals surface area contributed by atoms with Crippen LogP contribution in [0.25, 0.3) is 0 Å². The second-order valence-corrected chi connectivity index (χ2v) is 4.77. The van der Waals surface area contributed by atoms with Crippen molar-refractivity contribution < 1.29 is 4.74 Å². The van der Waals surface area contributed by atoms with Crippen molar-refractivity contribution in [3.63, 3.8) is 0 Å². The molecule has 90 valence electrons. The first kappa shape index (κ1) is 12.5. The zero-order chi connectivity index (χ0) is 12.2. The van der Waals surface area contributed by atoms with E-state index < -0.39 is 0 Å². The zero-order valence-electron chi connectivity index (χ0n) is 10.6. The fourth-order valence-corrected chi connectivity index (χ4v) is 1.22. The van der Waals surface area contributed by atoms with Crippen LogP contribution in [0, 0.1) is 5.41 Å². The van der Waals surface area contributed by atoms with Crippen molar-refractivity contribution in [1.29, 1.82) is 0 Å². The van der Waals surface area contributed by atoms with Gasteiger partial charge in [0.15, 0.2) is 11.6 Å². The van der Waals surface area contributed by atoms with Gasteiger partial charge in [-0.2, -0.15) is 0 Å². The Bertz CT molecular complexity index is 346. The highest BCUT2D eigenvalue weighted by molar-refractivity contribution is 5.63. The van der Waals surface area contributed by atoms with Gasteiger partial charge in [0.25, 0.3) is 0 Å². The van der Waals surface area contributed by atoms with Crippen LogP contribution in [0.3, 0.4) is 0 Å². The molecule has 0 bridgehead atoms. The fourth-order valence-electron chi connectivity index (χ4n) is 1.22. The molecule has 1 rings (SSSR count). The highest BCUT2D eigenvalue weighted by Gasteiger charge is 2.14. The minimum atomic E-state index is 0.190. The van der Waals surface area contributed by atoms with Gasteiger partial charge in [0.2, 0.25) is 5.75 Å². The van der Waals surface area contributed by atoms with Crippen molar-refractivity contribution in [3.05, 3.63) is 6.33 Å². The van der Waals surface area contributed by atoms with E-state index in [4.69, 9.17) is 4.74 Å². The minimum Gasteiger partial charge on any atom is -0.490 e. The van der Waals surface area contributed by atoms with Crippen molar-refractivity contribution >= 4 is 11.6 Å². The Balaban J connectivity index is 2.87. The molecule has 0 unspecified atom stereocenters. The summed E-state index contributed by atoms with van der Waals surface area (Å²) in [5.41, 5.74) is 0.190. The Kier molecular flexibility index (Phi) is 3.93. The Labute approximate surface area is 96.6 Å².